The second-order valence-electron chi connectivity index (χ2n) is 5.10. The van der Waals surface area contributed by atoms with Crippen molar-refractivity contribution in [3.8, 4) is 0 Å². The number of imidazole rings is 1. The van der Waals surface area contributed by atoms with Crippen molar-refractivity contribution in [2.45, 2.75) is 25.4 Å². The van der Waals surface area contributed by atoms with Gasteiger partial charge in [0, 0.05) is 6.04 Å². The van der Waals surface area contributed by atoms with Crippen molar-refractivity contribution in [3.63, 3.8) is 0 Å². The molecule has 0 aliphatic carbocycles. The lowest BCUT2D eigenvalue weighted by molar-refractivity contribution is -0.137. The number of carboxylic acids is 1. The van der Waals surface area contributed by atoms with E-state index in [4.69, 9.17) is 5.11 Å². The lowest BCUT2D eigenvalue weighted by atomic mass is 10.1. The Kier molecular flexibility index (Phi) is 3.31. The van der Waals surface area contributed by atoms with E-state index < -0.39 is 5.97 Å². The third-order valence-corrected chi connectivity index (χ3v) is 3.84. The highest BCUT2D eigenvalue weighted by Gasteiger charge is 2.22. The third-order valence-electron chi connectivity index (χ3n) is 3.84. The number of benzene rings is 1. The molecule has 1 aliphatic rings. The largest absolute Gasteiger partial charge is 0.480 e. The number of carboxylic acid groups (broad SMARTS) is 1. The van der Waals surface area contributed by atoms with Gasteiger partial charge < -0.3 is 10.4 Å². The Morgan fingerprint density at radius 1 is 1.25 bits per heavy atom. The van der Waals surface area contributed by atoms with E-state index in [1.54, 1.807) is 10.6 Å². The monoisotopic (exact) mass is 275 g/mol. The fourth-order valence-electron chi connectivity index (χ4n) is 2.94. The highest BCUT2D eigenvalue weighted by molar-refractivity contribution is 5.78. The summed E-state index contributed by atoms with van der Waals surface area (Å²) in [6, 6.07) is 7.54. The van der Waals surface area contributed by atoms with Crippen molar-refractivity contribution < 1.29 is 9.90 Å². The predicted octanol–water partition coefficient (Wildman–Crippen LogP) is 0.812. The summed E-state index contributed by atoms with van der Waals surface area (Å²) >= 11 is 0. The SMILES string of the molecule is O=C(O)Cn1c(=O)n(C2CCNCC2)c2ccccc21. The molecule has 2 aromatic rings. The number of para-hydroxylation sites is 2. The molecule has 1 aliphatic heterocycles. The molecule has 0 spiro atoms. The number of nitrogens with zero attached hydrogens (tertiary/aromatic N) is 2. The zero-order valence-corrected chi connectivity index (χ0v) is 11.1. The number of nitrogens with one attached hydrogen (secondary N) is 1. The smallest absolute Gasteiger partial charge is 0.329 e. The van der Waals surface area contributed by atoms with E-state index >= 15 is 0 Å². The molecule has 1 aromatic heterocycles. The van der Waals surface area contributed by atoms with Crippen LogP contribution in [0.1, 0.15) is 18.9 Å². The molecule has 20 heavy (non-hydrogen) atoms. The predicted molar refractivity (Wildman–Crippen MR) is 75.0 cm³/mol. The zero-order chi connectivity index (χ0) is 14.1. The van der Waals surface area contributed by atoms with E-state index in [-0.39, 0.29) is 18.3 Å². The van der Waals surface area contributed by atoms with Gasteiger partial charge in [0.1, 0.15) is 6.54 Å². The van der Waals surface area contributed by atoms with Crippen molar-refractivity contribution in [2.24, 2.45) is 0 Å². The first-order valence-electron chi connectivity index (χ1n) is 6.81. The van der Waals surface area contributed by atoms with E-state index in [0.29, 0.717) is 5.52 Å². The molecule has 0 atom stereocenters. The van der Waals surface area contributed by atoms with Gasteiger partial charge in [0.25, 0.3) is 0 Å². The highest BCUT2D eigenvalue weighted by atomic mass is 16.4. The van der Waals surface area contributed by atoms with Crippen molar-refractivity contribution in [3.05, 3.63) is 34.7 Å². The van der Waals surface area contributed by atoms with E-state index in [2.05, 4.69) is 5.32 Å². The van der Waals surface area contributed by atoms with Crippen LogP contribution in [0.15, 0.2) is 29.1 Å². The summed E-state index contributed by atoms with van der Waals surface area (Å²) in [6.07, 6.45) is 1.78. The van der Waals surface area contributed by atoms with Gasteiger partial charge in [-0.1, -0.05) is 12.1 Å². The number of carbonyl (C=O) groups is 1. The Balaban J connectivity index is 2.18. The highest BCUT2D eigenvalue weighted by Crippen LogP contribution is 2.23. The molecule has 6 nitrogen and oxygen atoms in total. The third kappa shape index (κ3) is 2.12. The molecular weight excluding hydrogens is 258 g/mol. The van der Waals surface area contributed by atoms with E-state index in [9.17, 15) is 9.59 Å². The molecule has 1 aromatic carbocycles. The molecule has 1 saturated heterocycles. The fraction of sp³-hybridized carbons (Fsp3) is 0.429. The van der Waals surface area contributed by atoms with Crippen molar-refractivity contribution in [1.82, 2.24) is 14.5 Å². The number of piperidine rings is 1. The Hall–Kier alpha value is -2.08. The Bertz CT molecular complexity index is 695. The first-order chi connectivity index (χ1) is 9.68. The number of aliphatic carboxylic acids is 1. The Morgan fingerprint density at radius 3 is 2.55 bits per heavy atom. The molecule has 1 fully saturated rings. The van der Waals surface area contributed by atoms with E-state index in [1.165, 1.54) is 4.57 Å². The van der Waals surface area contributed by atoms with Crippen LogP contribution >= 0.6 is 0 Å². The van der Waals surface area contributed by atoms with Crippen LogP contribution in [0.2, 0.25) is 0 Å². The average molecular weight is 275 g/mol. The summed E-state index contributed by atoms with van der Waals surface area (Å²) in [5.74, 6) is -1.000. The summed E-state index contributed by atoms with van der Waals surface area (Å²) in [4.78, 5) is 23.5. The second-order valence-corrected chi connectivity index (χ2v) is 5.10. The first-order valence-corrected chi connectivity index (χ1v) is 6.81. The summed E-state index contributed by atoms with van der Waals surface area (Å²) < 4.78 is 3.11. The van der Waals surface area contributed by atoms with Crippen LogP contribution in [0.25, 0.3) is 11.0 Å². The standard InChI is InChI=1S/C14H17N3O3/c18-13(19)9-16-11-3-1-2-4-12(11)17(14(16)20)10-5-7-15-8-6-10/h1-4,10,15H,5-9H2,(H,18,19). The molecule has 0 unspecified atom stereocenters. The molecule has 3 rings (SSSR count). The van der Waals surface area contributed by atoms with Gasteiger partial charge >= 0.3 is 11.7 Å². The van der Waals surface area contributed by atoms with Crippen LogP contribution in [0, 0.1) is 0 Å². The average Bonchev–Trinajstić information content (AvgIpc) is 2.72. The van der Waals surface area contributed by atoms with Crippen LogP contribution in [0.4, 0.5) is 0 Å². The van der Waals surface area contributed by atoms with Gasteiger partial charge in [0.05, 0.1) is 11.0 Å². The molecule has 0 bridgehead atoms. The van der Waals surface area contributed by atoms with Crippen LogP contribution in [0.3, 0.4) is 0 Å². The summed E-state index contributed by atoms with van der Waals surface area (Å²) in [7, 11) is 0. The molecule has 2 N–H and O–H groups in total. The number of hydrogen-bond donors (Lipinski definition) is 2. The molecule has 106 valence electrons. The minimum Gasteiger partial charge on any atom is -0.480 e. The summed E-state index contributed by atoms with van der Waals surface area (Å²) in [5.41, 5.74) is 1.30. The van der Waals surface area contributed by atoms with Crippen LogP contribution in [-0.4, -0.2) is 33.3 Å². The van der Waals surface area contributed by atoms with E-state index in [1.807, 2.05) is 18.2 Å². The second kappa shape index (κ2) is 5.13. The van der Waals surface area contributed by atoms with Crippen LogP contribution in [-0.2, 0) is 11.3 Å². The van der Waals surface area contributed by atoms with Gasteiger partial charge in [-0.15, -0.1) is 0 Å². The normalized spacial score (nSPS) is 16.6. The summed E-state index contributed by atoms with van der Waals surface area (Å²) in [5, 5.41) is 12.3. The maximum Gasteiger partial charge on any atom is 0.329 e. The fourth-order valence-corrected chi connectivity index (χ4v) is 2.94. The molecule has 2 heterocycles. The van der Waals surface area contributed by atoms with Crippen LogP contribution in [0.5, 0.6) is 0 Å². The maximum atomic E-state index is 12.6. The maximum absolute atomic E-state index is 12.6. The molecule has 0 radical (unpaired) electrons. The van der Waals surface area contributed by atoms with Gasteiger partial charge in [-0.3, -0.25) is 13.9 Å². The van der Waals surface area contributed by atoms with Gasteiger partial charge in [0.15, 0.2) is 0 Å². The van der Waals surface area contributed by atoms with E-state index in [0.717, 1.165) is 31.4 Å². The molecular formula is C14H17N3O3. The van der Waals surface area contributed by atoms with Gasteiger partial charge in [-0.25, -0.2) is 4.79 Å². The molecule has 0 amide bonds. The minimum atomic E-state index is -1.000. The topological polar surface area (TPSA) is 76.3 Å². The van der Waals surface area contributed by atoms with Gasteiger partial charge in [-0.05, 0) is 38.1 Å². The minimum absolute atomic E-state index is 0.142. The number of rotatable bonds is 3. The molecule has 0 saturated carbocycles. The van der Waals surface area contributed by atoms with Crippen molar-refractivity contribution in [2.75, 3.05) is 13.1 Å². The summed E-state index contributed by atoms with van der Waals surface area (Å²) in [6.45, 7) is 1.47. The van der Waals surface area contributed by atoms with Crippen molar-refractivity contribution >= 4 is 17.0 Å². The number of hydrogen-bond acceptors (Lipinski definition) is 3. The first kappa shape index (κ1) is 12.9. The van der Waals surface area contributed by atoms with Crippen LogP contribution < -0.4 is 11.0 Å². The number of fused-ring (bicyclic) bond motifs is 1. The van der Waals surface area contributed by atoms with Gasteiger partial charge in [-0.2, -0.15) is 0 Å². The Labute approximate surface area is 115 Å². The lowest BCUT2D eigenvalue weighted by Crippen LogP contribution is -2.35. The lowest BCUT2D eigenvalue weighted by Gasteiger charge is -2.23. The Morgan fingerprint density at radius 2 is 1.90 bits per heavy atom. The zero-order valence-electron chi connectivity index (χ0n) is 11.1. The quantitative estimate of drug-likeness (QED) is 0.869. The van der Waals surface area contributed by atoms with Gasteiger partial charge in [0.2, 0.25) is 0 Å². The number of aromatic nitrogens is 2. The molecule has 6 heteroatoms. The van der Waals surface area contributed by atoms with Crippen molar-refractivity contribution in [1.29, 1.82) is 0 Å².